The topological polar surface area (TPSA) is 38.0 Å². The van der Waals surface area contributed by atoms with Gasteiger partial charge >= 0.3 is 0 Å². The second kappa shape index (κ2) is 4.42. The van der Waals surface area contributed by atoms with E-state index in [2.05, 4.69) is 19.3 Å². The summed E-state index contributed by atoms with van der Waals surface area (Å²) in [6, 6.07) is 0.579. The van der Waals surface area contributed by atoms with E-state index in [0.717, 1.165) is 11.8 Å². The van der Waals surface area contributed by atoms with Crippen molar-refractivity contribution in [3.05, 3.63) is 0 Å². The van der Waals surface area contributed by atoms with Crippen LogP contribution in [-0.4, -0.2) is 6.04 Å². The van der Waals surface area contributed by atoms with Gasteiger partial charge in [0, 0.05) is 6.04 Å². The minimum atomic E-state index is 0.526. The lowest BCUT2D eigenvalue weighted by Crippen LogP contribution is -2.47. The zero-order valence-corrected chi connectivity index (χ0v) is 10.3. The van der Waals surface area contributed by atoms with E-state index in [0.29, 0.717) is 11.5 Å². The molecule has 0 aromatic heterocycles. The lowest BCUT2D eigenvalue weighted by atomic mass is 9.74. The largest absolute Gasteiger partial charge is 0.271 e. The molecule has 2 aliphatic rings. The third-order valence-electron chi connectivity index (χ3n) is 4.91. The van der Waals surface area contributed by atoms with Crippen LogP contribution in [0.1, 0.15) is 58.8 Å². The quantitative estimate of drug-likeness (QED) is 0.553. The number of nitrogens with one attached hydrogen (secondary N) is 1. The van der Waals surface area contributed by atoms with Gasteiger partial charge in [-0.05, 0) is 42.9 Å². The molecule has 1 atom stereocenters. The highest BCUT2D eigenvalue weighted by molar-refractivity contribution is 5.01. The van der Waals surface area contributed by atoms with E-state index < -0.39 is 0 Å². The summed E-state index contributed by atoms with van der Waals surface area (Å²) in [5, 5.41) is 0. The summed E-state index contributed by atoms with van der Waals surface area (Å²) in [7, 11) is 0. The van der Waals surface area contributed by atoms with Crippen LogP contribution in [0.25, 0.3) is 0 Å². The summed E-state index contributed by atoms with van der Waals surface area (Å²) in [4.78, 5) is 0. The molecule has 2 nitrogen and oxygen atoms in total. The zero-order chi connectivity index (χ0) is 10.9. The van der Waals surface area contributed by atoms with Gasteiger partial charge in [0.1, 0.15) is 0 Å². The lowest BCUT2D eigenvalue weighted by molar-refractivity contribution is 0.172. The average Bonchev–Trinajstić information content (AvgIpc) is 2.99. The molecule has 0 aromatic rings. The molecule has 2 fully saturated rings. The Morgan fingerprint density at radius 2 is 1.87 bits per heavy atom. The van der Waals surface area contributed by atoms with Crippen molar-refractivity contribution >= 4 is 0 Å². The fourth-order valence-corrected chi connectivity index (χ4v) is 3.34. The van der Waals surface area contributed by atoms with Crippen LogP contribution in [-0.2, 0) is 0 Å². The van der Waals surface area contributed by atoms with Gasteiger partial charge in [0.05, 0.1) is 0 Å². The predicted molar refractivity (Wildman–Crippen MR) is 64.2 cm³/mol. The molecule has 2 saturated carbocycles. The molecular weight excluding hydrogens is 184 g/mol. The van der Waals surface area contributed by atoms with E-state index in [-0.39, 0.29) is 0 Å². The van der Waals surface area contributed by atoms with Crippen molar-refractivity contribution in [2.24, 2.45) is 23.1 Å². The van der Waals surface area contributed by atoms with Crippen LogP contribution in [0, 0.1) is 17.3 Å². The molecule has 0 bridgehead atoms. The van der Waals surface area contributed by atoms with Crippen molar-refractivity contribution in [1.82, 2.24) is 5.43 Å². The Hall–Kier alpha value is -0.0800. The first-order chi connectivity index (χ1) is 7.19. The van der Waals surface area contributed by atoms with Gasteiger partial charge in [-0.1, -0.05) is 33.1 Å². The van der Waals surface area contributed by atoms with Crippen LogP contribution in [0.4, 0.5) is 0 Å². The fourth-order valence-electron chi connectivity index (χ4n) is 3.34. The van der Waals surface area contributed by atoms with Crippen molar-refractivity contribution in [3.8, 4) is 0 Å². The number of rotatable bonds is 4. The Balaban J connectivity index is 1.88. The van der Waals surface area contributed by atoms with Gasteiger partial charge in [0.2, 0.25) is 0 Å². The molecule has 0 radical (unpaired) electrons. The van der Waals surface area contributed by atoms with E-state index in [1.54, 1.807) is 0 Å². The molecule has 1 unspecified atom stereocenters. The molecule has 15 heavy (non-hydrogen) atoms. The Morgan fingerprint density at radius 1 is 1.27 bits per heavy atom. The molecule has 0 spiro atoms. The molecule has 0 saturated heterocycles. The Kier molecular flexibility index (Phi) is 3.36. The molecule has 88 valence electrons. The van der Waals surface area contributed by atoms with E-state index in [4.69, 9.17) is 5.84 Å². The van der Waals surface area contributed by atoms with Gasteiger partial charge in [-0.3, -0.25) is 11.3 Å². The average molecular weight is 210 g/mol. The predicted octanol–water partition coefficient (Wildman–Crippen LogP) is 2.83. The normalized spacial score (nSPS) is 36.2. The van der Waals surface area contributed by atoms with Gasteiger partial charge < -0.3 is 0 Å². The third kappa shape index (κ3) is 2.36. The highest BCUT2D eigenvalue weighted by Crippen LogP contribution is 2.52. The van der Waals surface area contributed by atoms with E-state index >= 15 is 0 Å². The standard InChI is InChI=1S/C13H26N2/c1-3-10-4-6-11(7-5-10)12(15-14)13(2)8-9-13/h10-12,15H,3-9,14H2,1-2H3. The van der Waals surface area contributed by atoms with Crippen molar-refractivity contribution in [3.63, 3.8) is 0 Å². The first-order valence-electron chi connectivity index (χ1n) is 6.65. The molecular formula is C13H26N2. The molecule has 2 rings (SSSR count). The zero-order valence-electron chi connectivity index (χ0n) is 10.3. The minimum Gasteiger partial charge on any atom is -0.271 e. The maximum Gasteiger partial charge on any atom is 0.0292 e. The number of hydrogen-bond acceptors (Lipinski definition) is 2. The highest BCUT2D eigenvalue weighted by Gasteiger charge is 2.47. The van der Waals surface area contributed by atoms with Gasteiger partial charge in [-0.25, -0.2) is 0 Å². The lowest BCUT2D eigenvalue weighted by Gasteiger charge is -2.36. The van der Waals surface area contributed by atoms with Crippen LogP contribution in [0.2, 0.25) is 0 Å². The molecule has 0 heterocycles. The van der Waals surface area contributed by atoms with Crippen molar-refractivity contribution in [2.75, 3.05) is 0 Å². The first kappa shape index (κ1) is 11.4. The van der Waals surface area contributed by atoms with E-state index in [1.807, 2.05) is 0 Å². The maximum atomic E-state index is 5.75. The van der Waals surface area contributed by atoms with Crippen molar-refractivity contribution in [1.29, 1.82) is 0 Å². The van der Waals surface area contributed by atoms with E-state index in [1.165, 1.54) is 44.9 Å². The molecule has 3 N–H and O–H groups in total. The molecule has 2 aliphatic carbocycles. The molecule has 0 amide bonds. The van der Waals surface area contributed by atoms with Crippen LogP contribution in [0.3, 0.4) is 0 Å². The van der Waals surface area contributed by atoms with Crippen molar-refractivity contribution in [2.45, 2.75) is 64.8 Å². The van der Waals surface area contributed by atoms with E-state index in [9.17, 15) is 0 Å². The summed E-state index contributed by atoms with van der Waals surface area (Å²) in [6.45, 7) is 4.72. The molecule has 0 aliphatic heterocycles. The highest BCUT2D eigenvalue weighted by atomic mass is 15.2. The van der Waals surface area contributed by atoms with Gasteiger partial charge in [-0.2, -0.15) is 0 Å². The summed E-state index contributed by atoms with van der Waals surface area (Å²) in [6.07, 6.45) is 9.74. The van der Waals surface area contributed by atoms with Crippen LogP contribution >= 0.6 is 0 Å². The number of nitrogens with two attached hydrogens (primary N) is 1. The maximum absolute atomic E-state index is 5.75. The summed E-state index contributed by atoms with van der Waals surface area (Å²) < 4.78 is 0. The van der Waals surface area contributed by atoms with Gasteiger partial charge in [0.25, 0.3) is 0 Å². The van der Waals surface area contributed by atoms with Gasteiger partial charge in [-0.15, -0.1) is 0 Å². The smallest absolute Gasteiger partial charge is 0.0292 e. The number of hydrazine groups is 1. The second-order valence-corrected chi connectivity index (χ2v) is 5.99. The summed E-state index contributed by atoms with van der Waals surface area (Å²) >= 11 is 0. The Labute approximate surface area is 94.0 Å². The fraction of sp³-hybridized carbons (Fsp3) is 1.00. The van der Waals surface area contributed by atoms with Crippen LogP contribution in [0.15, 0.2) is 0 Å². The third-order valence-corrected chi connectivity index (χ3v) is 4.91. The minimum absolute atomic E-state index is 0.526. The summed E-state index contributed by atoms with van der Waals surface area (Å²) in [5.74, 6) is 7.58. The second-order valence-electron chi connectivity index (χ2n) is 5.99. The van der Waals surface area contributed by atoms with Crippen LogP contribution in [0.5, 0.6) is 0 Å². The summed E-state index contributed by atoms with van der Waals surface area (Å²) in [5.41, 5.74) is 3.63. The SMILES string of the molecule is CCC1CCC(C(NN)C2(C)CC2)CC1. The monoisotopic (exact) mass is 210 g/mol. The Bertz CT molecular complexity index is 203. The molecule has 0 aromatic carbocycles. The number of hydrogen-bond donors (Lipinski definition) is 2. The first-order valence-corrected chi connectivity index (χ1v) is 6.65. The Morgan fingerprint density at radius 3 is 2.27 bits per heavy atom. The van der Waals surface area contributed by atoms with Gasteiger partial charge in [0.15, 0.2) is 0 Å². The van der Waals surface area contributed by atoms with Crippen LogP contribution < -0.4 is 11.3 Å². The van der Waals surface area contributed by atoms with Crippen molar-refractivity contribution < 1.29 is 0 Å². The molecule has 2 heteroatoms.